The van der Waals surface area contributed by atoms with Crippen molar-refractivity contribution in [1.29, 1.82) is 0 Å². The van der Waals surface area contributed by atoms with Crippen LogP contribution in [-0.2, 0) is 20.9 Å². The molecule has 0 unspecified atom stereocenters. The van der Waals surface area contributed by atoms with Crippen molar-refractivity contribution < 1.29 is 23.9 Å². The van der Waals surface area contributed by atoms with Gasteiger partial charge < -0.3 is 20.1 Å². The molecule has 0 aliphatic heterocycles. The van der Waals surface area contributed by atoms with Crippen LogP contribution in [0, 0.1) is 6.92 Å². The van der Waals surface area contributed by atoms with E-state index in [1.54, 1.807) is 30.3 Å². The van der Waals surface area contributed by atoms with Crippen LogP contribution in [0.5, 0.6) is 11.5 Å². The first-order chi connectivity index (χ1) is 17.0. The summed E-state index contributed by atoms with van der Waals surface area (Å²) in [5.74, 6) is -1.25. The number of carbonyl (C=O) groups is 3. The second-order valence-corrected chi connectivity index (χ2v) is 7.43. The SMILES string of the molecule is COc1cc(/C=N\NC(=O)C(=O)Nc2ccccc2C)ccc1OCC(=O)NCc1ccccc1. The third-order valence-corrected chi connectivity index (χ3v) is 4.86. The van der Waals surface area contributed by atoms with E-state index in [4.69, 9.17) is 9.47 Å². The predicted molar refractivity (Wildman–Crippen MR) is 132 cm³/mol. The number of carbonyl (C=O) groups excluding carboxylic acids is 3. The molecule has 0 heterocycles. The Bertz CT molecular complexity index is 1210. The standard InChI is InChI=1S/C26H26N4O5/c1-18-8-6-7-11-21(18)29-25(32)26(33)30-28-16-20-12-13-22(23(14-20)34-2)35-17-24(31)27-15-19-9-4-3-5-10-19/h3-14,16H,15,17H2,1-2H3,(H,27,31)(H,29,32)(H,30,33)/b28-16-. The Hall–Kier alpha value is -4.66. The van der Waals surface area contributed by atoms with Crippen LogP contribution in [0.15, 0.2) is 77.9 Å². The summed E-state index contributed by atoms with van der Waals surface area (Å²) < 4.78 is 10.9. The van der Waals surface area contributed by atoms with Gasteiger partial charge in [0.15, 0.2) is 18.1 Å². The van der Waals surface area contributed by atoms with Gasteiger partial charge in [0.25, 0.3) is 5.91 Å². The average Bonchev–Trinajstić information content (AvgIpc) is 2.88. The normalized spacial score (nSPS) is 10.5. The van der Waals surface area contributed by atoms with Gasteiger partial charge in [0.05, 0.1) is 13.3 Å². The second-order valence-electron chi connectivity index (χ2n) is 7.43. The van der Waals surface area contributed by atoms with Crippen LogP contribution >= 0.6 is 0 Å². The molecule has 9 heteroatoms. The number of anilines is 1. The summed E-state index contributed by atoms with van der Waals surface area (Å²) in [5, 5.41) is 9.13. The monoisotopic (exact) mass is 474 g/mol. The largest absolute Gasteiger partial charge is 0.493 e. The number of hydrazone groups is 1. The van der Waals surface area contributed by atoms with Crippen LogP contribution in [0.3, 0.4) is 0 Å². The smallest absolute Gasteiger partial charge is 0.329 e. The number of amides is 3. The molecule has 0 radical (unpaired) electrons. The summed E-state index contributed by atoms with van der Waals surface area (Å²) in [7, 11) is 1.47. The molecule has 0 aliphatic carbocycles. The minimum atomic E-state index is -0.905. The Balaban J connectivity index is 1.49. The van der Waals surface area contributed by atoms with E-state index in [9.17, 15) is 14.4 Å². The minimum Gasteiger partial charge on any atom is -0.493 e. The van der Waals surface area contributed by atoms with Gasteiger partial charge in [-0.05, 0) is 47.9 Å². The second kappa shape index (κ2) is 12.5. The molecule has 0 spiro atoms. The lowest BCUT2D eigenvalue weighted by atomic mass is 10.2. The van der Waals surface area contributed by atoms with Crippen LogP contribution in [0.4, 0.5) is 5.69 Å². The molecule has 180 valence electrons. The molecule has 3 N–H and O–H groups in total. The summed E-state index contributed by atoms with van der Waals surface area (Å²) in [5.41, 5.74) is 5.14. The summed E-state index contributed by atoms with van der Waals surface area (Å²) >= 11 is 0. The number of hydrogen-bond acceptors (Lipinski definition) is 6. The Morgan fingerprint density at radius 1 is 0.914 bits per heavy atom. The summed E-state index contributed by atoms with van der Waals surface area (Å²) in [4.78, 5) is 36.1. The molecule has 0 saturated heterocycles. The highest BCUT2D eigenvalue weighted by Crippen LogP contribution is 2.27. The molecule has 0 atom stereocenters. The van der Waals surface area contributed by atoms with Gasteiger partial charge in [-0.2, -0.15) is 5.10 Å². The van der Waals surface area contributed by atoms with E-state index in [0.717, 1.165) is 11.1 Å². The molecular weight excluding hydrogens is 448 g/mol. The van der Waals surface area contributed by atoms with Gasteiger partial charge in [-0.15, -0.1) is 0 Å². The minimum absolute atomic E-state index is 0.178. The van der Waals surface area contributed by atoms with E-state index in [0.29, 0.717) is 29.3 Å². The first-order valence-electron chi connectivity index (χ1n) is 10.8. The number of aryl methyl sites for hydroxylation is 1. The van der Waals surface area contributed by atoms with E-state index in [-0.39, 0.29) is 12.5 Å². The zero-order valence-electron chi connectivity index (χ0n) is 19.4. The van der Waals surface area contributed by atoms with Gasteiger partial charge in [-0.25, -0.2) is 5.43 Å². The fourth-order valence-corrected chi connectivity index (χ4v) is 2.98. The summed E-state index contributed by atoms with van der Waals surface area (Å²) in [6.45, 7) is 2.05. The lowest BCUT2D eigenvalue weighted by molar-refractivity contribution is -0.136. The lowest BCUT2D eigenvalue weighted by Gasteiger charge is -2.11. The van der Waals surface area contributed by atoms with Crippen molar-refractivity contribution >= 4 is 29.6 Å². The zero-order valence-corrected chi connectivity index (χ0v) is 19.4. The molecule has 0 saturated carbocycles. The maximum atomic E-state index is 12.1. The first-order valence-corrected chi connectivity index (χ1v) is 10.8. The van der Waals surface area contributed by atoms with Crippen molar-refractivity contribution in [3.05, 3.63) is 89.5 Å². The van der Waals surface area contributed by atoms with Crippen molar-refractivity contribution in [3.63, 3.8) is 0 Å². The quantitative estimate of drug-likeness (QED) is 0.250. The van der Waals surface area contributed by atoms with Gasteiger partial charge in [-0.1, -0.05) is 48.5 Å². The third kappa shape index (κ3) is 7.71. The van der Waals surface area contributed by atoms with E-state index in [1.807, 2.05) is 49.4 Å². The molecule has 0 bridgehead atoms. The van der Waals surface area contributed by atoms with Crippen molar-refractivity contribution in [2.24, 2.45) is 5.10 Å². The number of nitrogens with one attached hydrogen (secondary N) is 3. The molecule has 3 aromatic rings. The molecule has 9 nitrogen and oxygen atoms in total. The lowest BCUT2D eigenvalue weighted by Crippen LogP contribution is -2.32. The molecule has 3 rings (SSSR count). The number of para-hydroxylation sites is 1. The van der Waals surface area contributed by atoms with Crippen LogP contribution in [0.1, 0.15) is 16.7 Å². The maximum absolute atomic E-state index is 12.1. The summed E-state index contributed by atoms with van der Waals surface area (Å²) in [6, 6.07) is 21.6. The maximum Gasteiger partial charge on any atom is 0.329 e. The number of hydrogen-bond donors (Lipinski definition) is 3. The molecule has 0 aliphatic rings. The highest BCUT2D eigenvalue weighted by molar-refractivity contribution is 6.39. The number of rotatable bonds is 9. The van der Waals surface area contributed by atoms with Crippen molar-refractivity contribution in [2.45, 2.75) is 13.5 Å². The molecule has 0 aromatic heterocycles. The average molecular weight is 475 g/mol. The van der Waals surface area contributed by atoms with E-state index in [1.165, 1.54) is 13.3 Å². The third-order valence-electron chi connectivity index (χ3n) is 4.86. The number of methoxy groups -OCH3 is 1. The number of ether oxygens (including phenoxy) is 2. The zero-order chi connectivity index (χ0) is 25.0. The fourth-order valence-electron chi connectivity index (χ4n) is 2.98. The Morgan fingerprint density at radius 2 is 1.66 bits per heavy atom. The number of benzene rings is 3. The van der Waals surface area contributed by atoms with Gasteiger partial charge in [0.1, 0.15) is 0 Å². The van der Waals surface area contributed by atoms with Gasteiger partial charge in [-0.3, -0.25) is 14.4 Å². The molecule has 35 heavy (non-hydrogen) atoms. The first kappa shape index (κ1) is 25.0. The van der Waals surface area contributed by atoms with Crippen molar-refractivity contribution in [2.75, 3.05) is 19.0 Å². The highest BCUT2D eigenvalue weighted by Gasteiger charge is 2.14. The van der Waals surface area contributed by atoms with Gasteiger partial charge >= 0.3 is 11.8 Å². The predicted octanol–water partition coefficient (Wildman–Crippen LogP) is 2.79. The van der Waals surface area contributed by atoms with Gasteiger partial charge in [0.2, 0.25) is 0 Å². The highest BCUT2D eigenvalue weighted by atomic mass is 16.5. The van der Waals surface area contributed by atoms with Gasteiger partial charge in [0, 0.05) is 12.2 Å². The topological polar surface area (TPSA) is 118 Å². The molecule has 0 fully saturated rings. The van der Waals surface area contributed by atoms with Crippen LogP contribution in [0.2, 0.25) is 0 Å². The molecule has 3 amide bonds. The van der Waals surface area contributed by atoms with E-state index >= 15 is 0 Å². The Morgan fingerprint density at radius 3 is 2.40 bits per heavy atom. The fraction of sp³-hybridized carbons (Fsp3) is 0.154. The van der Waals surface area contributed by atoms with Crippen molar-refractivity contribution in [1.82, 2.24) is 10.7 Å². The van der Waals surface area contributed by atoms with E-state index < -0.39 is 11.8 Å². The van der Waals surface area contributed by atoms with Crippen LogP contribution in [0.25, 0.3) is 0 Å². The summed E-state index contributed by atoms with van der Waals surface area (Å²) in [6.07, 6.45) is 1.36. The Kier molecular flexibility index (Phi) is 8.95. The van der Waals surface area contributed by atoms with Crippen LogP contribution in [-0.4, -0.2) is 37.7 Å². The number of nitrogens with zero attached hydrogens (tertiary/aromatic N) is 1. The van der Waals surface area contributed by atoms with Crippen molar-refractivity contribution in [3.8, 4) is 11.5 Å². The Labute approximate surface area is 203 Å². The molecule has 3 aromatic carbocycles. The molecular formula is C26H26N4O5. The van der Waals surface area contributed by atoms with Crippen LogP contribution < -0.4 is 25.5 Å². The van der Waals surface area contributed by atoms with E-state index in [2.05, 4.69) is 21.2 Å².